The van der Waals surface area contributed by atoms with Crippen molar-refractivity contribution in [3.8, 4) is 0 Å². The van der Waals surface area contributed by atoms with Crippen molar-refractivity contribution in [3.63, 3.8) is 0 Å². The van der Waals surface area contributed by atoms with Gasteiger partial charge in [-0.3, -0.25) is 0 Å². The summed E-state index contributed by atoms with van der Waals surface area (Å²) in [7, 11) is -1.69. The lowest BCUT2D eigenvalue weighted by molar-refractivity contribution is 0.598. The molecule has 0 radical (unpaired) electrons. The average molecular weight is 347 g/mol. The van der Waals surface area contributed by atoms with E-state index in [1.165, 1.54) is 30.5 Å². The molecule has 126 valence electrons. The summed E-state index contributed by atoms with van der Waals surface area (Å²) in [6.45, 7) is 0. The fraction of sp³-hybridized carbons (Fsp3) is 0.217. The maximum Gasteiger partial charge on any atom is 0.123 e. The van der Waals surface area contributed by atoms with E-state index in [1.807, 2.05) is 12.1 Å². The van der Waals surface area contributed by atoms with E-state index in [0.717, 1.165) is 0 Å². The van der Waals surface area contributed by atoms with Gasteiger partial charge >= 0.3 is 0 Å². The minimum Gasteiger partial charge on any atom is -0.207 e. The van der Waals surface area contributed by atoms with Crippen LogP contribution < -0.4 is 10.4 Å². The van der Waals surface area contributed by atoms with Crippen molar-refractivity contribution in [3.05, 3.63) is 96.3 Å². The van der Waals surface area contributed by atoms with Gasteiger partial charge in [0.2, 0.25) is 0 Å². The Morgan fingerprint density at radius 2 is 1.12 bits per heavy atom. The average Bonchev–Trinajstić information content (AvgIpc) is 2.70. The lowest BCUT2D eigenvalue weighted by atomic mass is 9.93. The number of hydrogen-bond acceptors (Lipinski definition) is 0. The predicted molar refractivity (Wildman–Crippen MR) is 106 cm³/mol. The van der Waals surface area contributed by atoms with E-state index >= 15 is 0 Å². The van der Waals surface area contributed by atoms with Crippen molar-refractivity contribution in [1.82, 2.24) is 0 Å². The molecule has 4 rings (SSSR count). The quantitative estimate of drug-likeness (QED) is 0.588. The van der Waals surface area contributed by atoms with Gasteiger partial charge in [-0.1, -0.05) is 83.2 Å². The van der Waals surface area contributed by atoms with Crippen LogP contribution in [0, 0.1) is 5.82 Å². The minimum absolute atomic E-state index is 0.142. The van der Waals surface area contributed by atoms with Gasteiger partial charge < -0.3 is 0 Å². The van der Waals surface area contributed by atoms with Crippen molar-refractivity contribution >= 4 is 18.4 Å². The van der Waals surface area contributed by atoms with Crippen LogP contribution in [-0.4, -0.2) is 8.07 Å². The molecular formula is C23H23FSi. The first-order valence-electron chi connectivity index (χ1n) is 9.14. The summed E-state index contributed by atoms with van der Waals surface area (Å²) >= 11 is 0. The zero-order chi connectivity index (χ0) is 17.1. The van der Waals surface area contributed by atoms with Crippen molar-refractivity contribution in [2.75, 3.05) is 0 Å². The summed E-state index contributed by atoms with van der Waals surface area (Å²) in [5, 5.41) is 3.11. The zero-order valence-electron chi connectivity index (χ0n) is 14.4. The third kappa shape index (κ3) is 3.19. The van der Waals surface area contributed by atoms with Crippen molar-refractivity contribution in [1.29, 1.82) is 0 Å². The van der Waals surface area contributed by atoms with Gasteiger partial charge in [0, 0.05) is 0 Å². The molecule has 1 heterocycles. The van der Waals surface area contributed by atoms with Crippen molar-refractivity contribution in [2.24, 2.45) is 0 Å². The Labute approximate surface area is 150 Å². The first-order valence-corrected chi connectivity index (χ1v) is 11.6. The minimum atomic E-state index is -1.69. The first kappa shape index (κ1) is 16.3. The second-order valence-electron chi connectivity index (χ2n) is 7.14. The number of rotatable bonds is 3. The second kappa shape index (κ2) is 6.97. The van der Waals surface area contributed by atoms with E-state index in [0.29, 0.717) is 5.92 Å². The Morgan fingerprint density at radius 1 is 0.640 bits per heavy atom. The molecule has 3 aromatic rings. The monoisotopic (exact) mass is 346 g/mol. The normalized spacial score (nSPS) is 17.3. The first-order chi connectivity index (χ1) is 12.3. The number of hydrogen-bond donors (Lipinski definition) is 0. The topological polar surface area (TPSA) is 0 Å². The summed E-state index contributed by atoms with van der Waals surface area (Å²) < 4.78 is 13.2. The Kier molecular flexibility index (Phi) is 4.54. The smallest absolute Gasteiger partial charge is 0.123 e. The SMILES string of the molecule is Fc1ccc(C2CC[Si](c3ccccc3)(c3ccccc3)CC2)cc1. The van der Waals surface area contributed by atoms with Gasteiger partial charge in [-0.2, -0.15) is 0 Å². The standard InChI is InChI=1S/C23H23FSi/c24-21-13-11-19(12-14-21)20-15-17-25(18-16-20,22-7-3-1-4-8-22)23-9-5-2-6-10-23/h1-14,20H,15-18H2. The van der Waals surface area contributed by atoms with E-state index in [1.54, 1.807) is 22.5 Å². The summed E-state index contributed by atoms with van der Waals surface area (Å²) in [6, 6.07) is 31.9. The molecule has 0 bridgehead atoms. The molecule has 25 heavy (non-hydrogen) atoms. The summed E-state index contributed by atoms with van der Waals surface area (Å²) in [5.74, 6) is 0.422. The van der Waals surface area contributed by atoms with Gasteiger partial charge in [0.15, 0.2) is 0 Å². The van der Waals surface area contributed by atoms with Crippen LogP contribution in [0.5, 0.6) is 0 Å². The zero-order valence-corrected chi connectivity index (χ0v) is 15.4. The Bertz CT molecular complexity index is 762. The third-order valence-electron chi connectivity index (χ3n) is 5.83. The van der Waals surface area contributed by atoms with Crippen molar-refractivity contribution in [2.45, 2.75) is 30.8 Å². The van der Waals surface area contributed by atoms with E-state index in [2.05, 4.69) is 60.7 Å². The molecule has 1 aliphatic heterocycles. The Hall–Kier alpha value is -2.19. The van der Waals surface area contributed by atoms with Gasteiger partial charge in [0.05, 0.1) is 0 Å². The summed E-state index contributed by atoms with van der Waals surface area (Å²) in [5.41, 5.74) is 1.30. The molecule has 0 aliphatic carbocycles. The van der Waals surface area contributed by atoms with E-state index < -0.39 is 8.07 Å². The fourth-order valence-corrected chi connectivity index (χ4v) is 9.52. The van der Waals surface area contributed by atoms with Gasteiger partial charge in [0.1, 0.15) is 13.9 Å². The molecule has 1 fully saturated rings. The highest BCUT2D eigenvalue weighted by Gasteiger charge is 2.40. The highest BCUT2D eigenvalue weighted by molar-refractivity contribution is 7.02. The van der Waals surface area contributed by atoms with Crippen LogP contribution in [0.15, 0.2) is 84.9 Å². The predicted octanol–water partition coefficient (Wildman–Crippen LogP) is 4.97. The molecule has 0 unspecified atom stereocenters. The third-order valence-corrected chi connectivity index (χ3v) is 11.0. The number of benzene rings is 3. The van der Waals surface area contributed by atoms with Crippen LogP contribution >= 0.6 is 0 Å². The largest absolute Gasteiger partial charge is 0.207 e. The van der Waals surface area contributed by atoms with Crippen LogP contribution in [0.25, 0.3) is 0 Å². The highest BCUT2D eigenvalue weighted by Crippen LogP contribution is 2.38. The van der Waals surface area contributed by atoms with E-state index in [-0.39, 0.29) is 5.82 Å². The molecule has 0 saturated carbocycles. The Morgan fingerprint density at radius 3 is 1.60 bits per heavy atom. The molecular weight excluding hydrogens is 323 g/mol. The molecule has 0 N–H and O–H groups in total. The van der Waals surface area contributed by atoms with Crippen LogP contribution in [0.3, 0.4) is 0 Å². The van der Waals surface area contributed by atoms with E-state index in [9.17, 15) is 4.39 Å². The molecule has 0 amide bonds. The molecule has 1 saturated heterocycles. The van der Waals surface area contributed by atoms with Gasteiger partial charge in [0.25, 0.3) is 0 Å². The van der Waals surface area contributed by atoms with Gasteiger partial charge in [-0.15, -0.1) is 0 Å². The molecule has 1 aliphatic rings. The molecule has 3 aromatic carbocycles. The van der Waals surface area contributed by atoms with E-state index in [4.69, 9.17) is 0 Å². The van der Waals surface area contributed by atoms with Gasteiger partial charge in [-0.05, 0) is 48.5 Å². The molecule has 2 heteroatoms. The lowest BCUT2D eigenvalue weighted by Crippen LogP contribution is -2.59. The van der Waals surface area contributed by atoms with Crippen LogP contribution in [0.1, 0.15) is 24.3 Å². The molecule has 0 atom stereocenters. The van der Waals surface area contributed by atoms with Crippen LogP contribution in [0.4, 0.5) is 4.39 Å². The highest BCUT2D eigenvalue weighted by atomic mass is 28.3. The molecule has 0 nitrogen and oxygen atoms in total. The van der Waals surface area contributed by atoms with Gasteiger partial charge in [-0.25, -0.2) is 4.39 Å². The molecule has 0 aromatic heterocycles. The maximum atomic E-state index is 13.2. The van der Waals surface area contributed by atoms with Crippen molar-refractivity contribution < 1.29 is 4.39 Å². The summed E-state index contributed by atoms with van der Waals surface area (Å²) in [4.78, 5) is 0. The summed E-state index contributed by atoms with van der Waals surface area (Å²) in [6.07, 6.45) is 2.39. The van der Waals surface area contributed by atoms with Crippen LogP contribution in [0.2, 0.25) is 12.1 Å². The Balaban J connectivity index is 1.65. The lowest BCUT2D eigenvalue weighted by Gasteiger charge is -2.39. The fourth-order valence-electron chi connectivity index (χ4n) is 4.44. The van der Waals surface area contributed by atoms with Crippen LogP contribution in [-0.2, 0) is 0 Å². The number of halogens is 1. The maximum absolute atomic E-state index is 13.2. The molecule has 0 spiro atoms. The second-order valence-corrected chi connectivity index (χ2v) is 11.5.